The minimum Gasteiger partial charge on any atom is -0.385 e. The Morgan fingerprint density at radius 2 is 2.07 bits per heavy atom. The molecular formula is C21H26N4O2. The summed E-state index contributed by atoms with van der Waals surface area (Å²) in [5.74, 6) is 0.962. The highest BCUT2D eigenvalue weighted by Crippen LogP contribution is 2.30. The van der Waals surface area contributed by atoms with Gasteiger partial charge in [0.05, 0.1) is 0 Å². The van der Waals surface area contributed by atoms with Crippen LogP contribution in [0.25, 0.3) is 10.9 Å². The van der Waals surface area contributed by atoms with E-state index in [0.29, 0.717) is 0 Å². The number of benzene rings is 1. The zero-order chi connectivity index (χ0) is 19.0. The lowest BCUT2D eigenvalue weighted by Crippen LogP contribution is -2.36. The molecule has 2 N–H and O–H groups in total. The van der Waals surface area contributed by atoms with Crippen LogP contribution in [0.4, 0.5) is 0 Å². The number of likely N-dealkylation sites (tertiary alicyclic amines) is 1. The van der Waals surface area contributed by atoms with E-state index in [4.69, 9.17) is 0 Å². The molecule has 1 aromatic carbocycles. The third-order valence-corrected chi connectivity index (χ3v) is 5.64. The molecule has 0 saturated carbocycles. The van der Waals surface area contributed by atoms with Crippen LogP contribution in [0.15, 0.2) is 41.5 Å². The Bertz CT molecular complexity index is 999. The molecule has 142 valence electrons. The zero-order valence-electron chi connectivity index (χ0n) is 15.9. The van der Waals surface area contributed by atoms with Gasteiger partial charge in [-0.05, 0) is 50.9 Å². The fraction of sp³-hybridized carbons (Fsp3) is 0.429. The number of pyridine rings is 1. The summed E-state index contributed by atoms with van der Waals surface area (Å²) in [6.45, 7) is 4.53. The molecule has 0 bridgehead atoms. The highest BCUT2D eigenvalue weighted by Gasteiger charge is 2.28. The van der Waals surface area contributed by atoms with E-state index in [1.54, 1.807) is 12.3 Å². The van der Waals surface area contributed by atoms with Gasteiger partial charge in [-0.25, -0.2) is 4.98 Å². The first-order chi connectivity index (χ1) is 13.0. The molecule has 4 rings (SSSR count). The number of aliphatic hydroxyl groups is 1. The lowest BCUT2D eigenvalue weighted by atomic mass is 9.90. The summed E-state index contributed by atoms with van der Waals surface area (Å²) in [4.78, 5) is 22.4. The first kappa shape index (κ1) is 17.9. The van der Waals surface area contributed by atoms with Crippen molar-refractivity contribution in [3.05, 3.63) is 64.0 Å². The van der Waals surface area contributed by atoms with Gasteiger partial charge in [-0.1, -0.05) is 11.6 Å². The van der Waals surface area contributed by atoms with Crippen LogP contribution in [0, 0.1) is 12.8 Å². The molecular weight excluding hydrogens is 340 g/mol. The molecule has 0 aliphatic carbocycles. The third-order valence-electron chi connectivity index (χ3n) is 5.64. The Balaban J connectivity index is 1.42. The maximum atomic E-state index is 12.4. The number of aliphatic hydroxyl groups excluding tert-OH is 1. The van der Waals surface area contributed by atoms with Crippen molar-refractivity contribution in [2.75, 3.05) is 13.1 Å². The van der Waals surface area contributed by atoms with Gasteiger partial charge in [0, 0.05) is 48.6 Å². The van der Waals surface area contributed by atoms with Crippen LogP contribution in [0.2, 0.25) is 0 Å². The molecule has 3 heterocycles. The van der Waals surface area contributed by atoms with Crippen molar-refractivity contribution >= 4 is 10.9 Å². The van der Waals surface area contributed by atoms with Crippen molar-refractivity contribution in [3.63, 3.8) is 0 Å². The number of nitrogens with one attached hydrogen (secondary N) is 1. The monoisotopic (exact) mass is 366 g/mol. The number of imidazole rings is 1. The van der Waals surface area contributed by atoms with Gasteiger partial charge < -0.3 is 14.7 Å². The molecule has 0 radical (unpaired) electrons. The van der Waals surface area contributed by atoms with Crippen LogP contribution in [0.3, 0.4) is 0 Å². The van der Waals surface area contributed by atoms with Crippen molar-refractivity contribution in [1.29, 1.82) is 0 Å². The second-order valence-electron chi connectivity index (χ2n) is 7.66. The van der Waals surface area contributed by atoms with Gasteiger partial charge in [-0.3, -0.25) is 9.69 Å². The van der Waals surface area contributed by atoms with Crippen LogP contribution in [0.1, 0.15) is 36.0 Å². The molecule has 1 fully saturated rings. The number of rotatable bonds is 4. The smallest absolute Gasteiger partial charge is 0.189 e. The lowest BCUT2D eigenvalue weighted by Gasteiger charge is -2.33. The quantitative estimate of drug-likeness (QED) is 0.744. The second kappa shape index (κ2) is 7.29. The van der Waals surface area contributed by atoms with Gasteiger partial charge in [-0.2, -0.15) is 0 Å². The summed E-state index contributed by atoms with van der Waals surface area (Å²) in [6.07, 6.45) is 4.92. The lowest BCUT2D eigenvalue weighted by molar-refractivity contribution is 0.0489. The van der Waals surface area contributed by atoms with E-state index in [9.17, 15) is 9.90 Å². The van der Waals surface area contributed by atoms with E-state index < -0.39 is 6.10 Å². The van der Waals surface area contributed by atoms with Gasteiger partial charge in [0.1, 0.15) is 11.9 Å². The van der Waals surface area contributed by atoms with Crippen LogP contribution in [-0.4, -0.2) is 37.6 Å². The molecule has 3 aromatic rings. The van der Waals surface area contributed by atoms with E-state index in [-0.39, 0.29) is 11.3 Å². The van der Waals surface area contributed by atoms with Crippen LogP contribution >= 0.6 is 0 Å². The number of aromatic amines is 1. The van der Waals surface area contributed by atoms with Gasteiger partial charge in [0.2, 0.25) is 0 Å². The van der Waals surface area contributed by atoms with E-state index >= 15 is 0 Å². The van der Waals surface area contributed by atoms with Crippen molar-refractivity contribution in [1.82, 2.24) is 19.4 Å². The first-order valence-electron chi connectivity index (χ1n) is 9.51. The van der Waals surface area contributed by atoms with Gasteiger partial charge in [0.15, 0.2) is 5.43 Å². The highest BCUT2D eigenvalue weighted by molar-refractivity contribution is 5.79. The molecule has 6 heteroatoms. The van der Waals surface area contributed by atoms with Crippen LogP contribution in [-0.2, 0) is 13.6 Å². The Labute approximate surface area is 158 Å². The summed E-state index contributed by atoms with van der Waals surface area (Å²) in [5.41, 5.74) is 3.00. The molecule has 0 amide bonds. The average Bonchev–Trinajstić information content (AvgIpc) is 3.08. The topological polar surface area (TPSA) is 74.2 Å². The molecule has 1 unspecified atom stereocenters. The predicted molar refractivity (Wildman–Crippen MR) is 105 cm³/mol. The summed E-state index contributed by atoms with van der Waals surface area (Å²) >= 11 is 0. The van der Waals surface area contributed by atoms with Crippen molar-refractivity contribution in [2.45, 2.75) is 32.4 Å². The number of nitrogens with zero attached hydrogens (tertiary/aromatic N) is 3. The molecule has 27 heavy (non-hydrogen) atoms. The number of hydrogen-bond donors (Lipinski definition) is 2. The van der Waals surface area contributed by atoms with Crippen LogP contribution < -0.4 is 5.43 Å². The van der Waals surface area contributed by atoms with Crippen molar-refractivity contribution in [2.24, 2.45) is 13.0 Å². The number of aromatic nitrogens is 3. The highest BCUT2D eigenvalue weighted by atomic mass is 16.3. The fourth-order valence-electron chi connectivity index (χ4n) is 4.04. The molecule has 6 nitrogen and oxygen atoms in total. The summed E-state index contributed by atoms with van der Waals surface area (Å²) < 4.78 is 1.89. The molecule has 1 saturated heterocycles. The number of H-pyrrole nitrogens is 1. The Morgan fingerprint density at radius 1 is 1.30 bits per heavy atom. The van der Waals surface area contributed by atoms with Gasteiger partial charge in [-0.15, -0.1) is 0 Å². The Kier molecular flexibility index (Phi) is 4.85. The third kappa shape index (κ3) is 3.68. The number of fused-ring (bicyclic) bond motifs is 1. The minimum atomic E-state index is -0.518. The number of aryl methyl sites for hydroxylation is 2. The Hall–Kier alpha value is -2.44. The fourth-order valence-corrected chi connectivity index (χ4v) is 4.04. The standard InChI is InChI=1S/C21H26N4O2/c1-14-3-4-18-17(11-14)19(26)12-16(23-18)13-25-8-5-15(6-9-25)20(27)21-22-7-10-24(21)2/h3-4,7,10-12,15,20,27H,5-6,8-9,13H2,1-2H3,(H,23,26). The normalized spacial score (nSPS) is 17.4. The maximum Gasteiger partial charge on any atom is 0.189 e. The molecule has 1 atom stereocenters. The largest absolute Gasteiger partial charge is 0.385 e. The Morgan fingerprint density at radius 3 is 2.78 bits per heavy atom. The van der Waals surface area contributed by atoms with E-state index in [0.717, 1.165) is 60.5 Å². The van der Waals surface area contributed by atoms with Gasteiger partial charge in [0.25, 0.3) is 0 Å². The SMILES string of the molecule is Cc1ccc2[nH]c(CN3CCC(C(O)c4nccn4C)CC3)cc(=O)c2c1. The molecule has 0 spiro atoms. The van der Waals surface area contributed by atoms with Crippen molar-refractivity contribution in [3.8, 4) is 0 Å². The second-order valence-corrected chi connectivity index (χ2v) is 7.66. The molecule has 2 aromatic heterocycles. The van der Waals surface area contributed by atoms with Crippen LogP contribution in [0.5, 0.6) is 0 Å². The first-order valence-corrected chi connectivity index (χ1v) is 9.51. The van der Waals surface area contributed by atoms with E-state index in [1.165, 1.54) is 0 Å². The van der Waals surface area contributed by atoms with Gasteiger partial charge >= 0.3 is 0 Å². The van der Waals surface area contributed by atoms with E-state index in [1.807, 2.05) is 42.9 Å². The van der Waals surface area contributed by atoms with Crippen molar-refractivity contribution < 1.29 is 5.11 Å². The molecule has 1 aliphatic rings. The minimum absolute atomic E-state index is 0.0718. The predicted octanol–water partition coefficient (Wildman–Crippen LogP) is 2.52. The number of hydrogen-bond acceptors (Lipinski definition) is 4. The maximum absolute atomic E-state index is 12.4. The van der Waals surface area contributed by atoms with E-state index in [2.05, 4.69) is 14.9 Å². The zero-order valence-corrected chi connectivity index (χ0v) is 15.9. The summed E-state index contributed by atoms with van der Waals surface area (Å²) in [7, 11) is 1.91. The summed E-state index contributed by atoms with van der Waals surface area (Å²) in [6, 6.07) is 7.65. The molecule has 1 aliphatic heterocycles. The number of piperidine rings is 1. The summed E-state index contributed by atoms with van der Waals surface area (Å²) in [5, 5.41) is 11.4. The average molecular weight is 366 g/mol.